The van der Waals surface area contributed by atoms with E-state index in [-0.39, 0.29) is 11.2 Å². The third-order valence-corrected chi connectivity index (χ3v) is 8.34. The lowest BCUT2D eigenvalue weighted by molar-refractivity contribution is -0.120. The van der Waals surface area contributed by atoms with Crippen LogP contribution in [0.4, 0.5) is 0 Å². The molecule has 5 aliphatic carbocycles. The van der Waals surface area contributed by atoms with E-state index in [4.69, 9.17) is 0 Å². The molecule has 0 aliphatic heterocycles. The van der Waals surface area contributed by atoms with Gasteiger partial charge in [-0.25, -0.2) is 0 Å². The van der Waals surface area contributed by atoms with Crippen molar-refractivity contribution in [2.75, 3.05) is 0 Å². The smallest absolute Gasteiger partial charge is 0.237 e. The first-order valence-corrected chi connectivity index (χ1v) is 10.6. The summed E-state index contributed by atoms with van der Waals surface area (Å²) in [5.41, 5.74) is 1.19. The molecule has 24 heavy (non-hydrogen) atoms. The topological polar surface area (TPSA) is 29.1 Å². The van der Waals surface area contributed by atoms with Gasteiger partial charge in [-0.1, -0.05) is 30.3 Å². The Morgan fingerprint density at radius 2 is 1.58 bits per heavy atom. The van der Waals surface area contributed by atoms with E-state index in [0.717, 1.165) is 30.6 Å². The number of carbonyl (C=O) groups is 1. The first-order chi connectivity index (χ1) is 11.7. The molecule has 0 spiro atoms. The molecule has 3 heteroatoms. The average molecular weight is 342 g/mol. The predicted molar refractivity (Wildman–Crippen MR) is 98.8 cm³/mol. The summed E-state index contributed by atoms with van der Waals surface area (Å²) in [4.78, 5) is 13.0. The minimum absolute atomic E-state index is 0.0250. The molecule has 6 rings (SSSR count). The first kappa shape index (κ1) is 15.3. The number of thioether (sulfide) groups is 1. The molecule has 5 aliphatic rings. The molecule has 4 bridgehead atoms. The summed E-state index contributed by atoms with van der Waals surface area (Å²) in [6, 6.07) is 10.9. The Kier molecular flexibility index (Phi) is 3.69. The normalized spacial score (nSPS) is 38.1. The maximum Gasteiger partial charge on any atom is 0.237 e. The minimum Gasteiger partial charge on any atom is -0.352 e. The summed E-state index contributed by atoms with van der Waals surface area (Å²) >= 11 is 2.02. The second-order valence-corrected chi connectivity index (χ2v) is 10.4. The number of benzene rings is 1. The van der Waals surface area contributed by atoms with Crippen molar-refractivity contribution in [3.8, 4) is 0 Å². The van der Waals surface area contributed by atoms with Gasteiger partial charge in [0.2, 0.25) is 5.91 Å². The molecule has 1 N–H and O–H groups in total. The number of amides is 1. The fourth-order valence-electron chi connectivity index (χ4n) is 5.83. The predicted octanol–water partition coefficient (Wildman–Crippen LogP) is 4.71. The molecule has 0 saturated heterocycles. The van der Waals surface area contributed by atoms with E-state index >= 15 is 0 Å². The van der Waals surface area contributed by atoms with Crippen LogP contribution in [0.3, 0.4) is 0 Å². The maximum atomic E-state index is 13.0. The molecule has 0 radical (unpaired) electrons. The van der Waals surface area contributed by atoms with Gasteiger partial charge in [0.1, 0.15) is 5.25 Å². The van der Waals surface area contributed by atoms with Crippen LogP contribution in [0, 0.1) is 17.8 Å². The van der Waals surface area contributed by atoms with Crippen molar-refractivity contribution in [1.29, 1.82) is 0 Å². The molecule has 1 aromatic rings. The van der Waals surface area contributed by atoms with Gasteiger partial charge in [-0.15, -0.1) is 11.8 Å². The fourth-order valence-corrected chi connectivity index (χ4v) is 7.79. The minimum atomic E-state index is -0.0250. The van der Waals surface area contributed by atoms with Crippen LogP contribution in [0.5, 0.6) is 0 Å². The van der Waals surface area contributed by atoms with Gasteiger partial charge in [0.25, 0.3) is 0 Å². The Hall–Kier alpha value is -0.960. The molecule has 0 aromatic heterocycles. The van der Waals surface area contributed by atoms with E-state index in [1.54, 1.807) is 0 Å². The van der Waals surface area contributed by atoms with Gasteiger partial charge in [0.05, 0.1) is 0 Å². The lowest BCUT2D eigenvalue weighted by atomic mass is 9.56. The summed E-state index contributed by atoms with van der Waals surface area (Å²) in [6.45, 7) is 0. The van der Waals surface area contributed by atoms with Gasteiger partial charge in [-0.05, 0) is 74.7 Å². The van der Waals surface area contributed by atoms with Crippen LogP contribution in [-0.4, -0.2) is 16.7 Å². The highest BCUT2D eigenvalue weighted by molar-refractivity contribution is 8.01. The molecule has 0 heterocycles. The largest absolute Gasteiger partial charge is 0.352 e. The molecule has 5 saturated carbocycles. The summed E-state index contributed by atoms with van der Waals surface area (Å²) in [6.07, 6.45) is 10.8. The third-order valence-electron chi connectivity index (χ3n) is 6.61. The van der Waals surface area contributed by atoms with E-state index in [0.29, 0.717) is 10.8 Å². The monoisotopic (exact) mass is 341 g/mol. The highest BCUT2D eigenvalue weighted by atomic mass is 32.2. The van der Waals surface area contributed by atoms with E-state index in [2.05, 4.69) is 35.6 Å². The quantitative estimate of drug-likeness (QED) is 0.840. The van der Waals surface area contributed by atoms with Crippen molar-refractivity contribution in [1.82, 2.24) is 5.32 Å². The van der Waals surface area contributed by atoms with Crippen molar-refractivity contribution < 1.29 is 4.79 Å². The zero-order valence-electron chi connectivity index (χ0n) is 14.2. The molecule has 1 amide bonds. The van der Waals surface area contributed by atoms with E-state index < -0.39 is 0 Å². The summed E-state index contributed by atoms with van der Waals surface area (Å²) in [5.74, 6) is 3.06. The van der Waals surface area contributed by atoms with E-state index in [1.165, 1.54) is 44.1 Å². The van der Waals surface area contributed by atoms with Crippen molar-refractivity contribution >= 4 is 17.7 Å². The molecular formula is C21H27NOS. The molecule has 1 aromatic carbocycles. The number of nitrogens with one attached hydrogen (secondary N) is 1. The lowest BCUT2D eigenvalue weighted by Crippen LogP contribution is -2.49. The first-order valence-electron chi connectivity index (χ1n) is 9.72. The number of carbonyl (C=O) groups excluding carboxylic acids is 1. The van der Waals surface area contributed by atoms with Gasteiger partial charge in [-0.3, -0.25) is 4.79 Å². The highest BCUT2D eigenvalue weighted by Gasteiger charge is 2.52. The summed E-state index contributed by atoms with van der Waals surface area (Å²) in [7, 11) is 0. The van der Waals surface area contributed by atoms with E-state index in [1.807, 2.05) is 11.8 Å². The van der Waals surface area contributed by atoms with Crippen LogP contribution in [0.2, 0.25) is 0 Å². The highest BCUT2D eigenvalue weighted by Crippen LogP contribution is 2.62. The lowest BCUT2D eigenvalue weighted by Gasteiger charge is -2.57. The van der Waals surface area contributed by atoms with Gasteiger partial charge in [0.15, 0.2) is 0 Å². The van der Waals surface area contributed by atoms with Crippen LogP contribution >= 0.6 is 11.8 Å². The van der Waals surface area contributed by atoms with Gasteiger partial charge in [0, 0.05) is 10.8 Å². The fraction of sp³-hybridized carbons (Fsp3) is 0.667. The van der Waals surface area contributed by atoms with Crippen molar-refractivity contribution in [2.45, 2.75) is 67.4 Å². The third kappa shape index (κ3) is 2.89. The number of hydrogen-bond donors (Lipinski definition) is 1. The van der Waals surface area contributed by atoms with Crippen molar-refractivity contribution in [3.05, 3.63) is 35.9 Å². The second kappa shape index (κ2) is 5.79. The van der Waals surface area contributed by atoms with Gasteiger partial charge in [-0.2, -0.15) is 0 Å². The molecule has 128 valence electrons. The Morgan fingerprint density at radius 3 is 2.12 bits per heavy atom. The zero-order valence-corrected chi connectivity index (χ0v) is 15.1. The Balaban J connectivity index is 1.41. The molecule has 5 fully saturated rings. The SMILES string of the molecule is O=C(NC1CC1)[C@H](SC12CC3CC(CC(C3)C1)C2)c1ccccc1. The zero-order chi connectivity index (χ0) is 16.1. The summed E-state index contributed by atoms with van der Waals surface area (Å²) < 4.78 is 0.371. The van der Waals surface area contributed by atoms with Crippen molar-refractivity contribution in [2.24, 2.45) is 17.8 Å². The average Bonchev–Trinajstić information content (AvgIpc) is 3.36. The molecule has 0 unspecified atom stereocenters. The molecular weight excluding hydrogens is 314 g/mol. The Morgan fingerprint density at radius 1 is 1.00 bits per heavy atom. The van der Waals surface area contributed by atoms with Gasteiger partial charge >= 0.3 is 0 Å². The number of rotatable bonds is 5. The van der Waals surface area contributed by atoms with Crippen LogP contribution < -0.4 is 5.32 Å². The Bertz CT molecular complexity index is 589. The van der Waals surface area contributed by atoms with E-state index in [9.17, 15) is 4.79 Å². The van der Waals surface area contributed by atoms with Crippen LogP contribution in [0.1, 0.15) is 62.2 Å². The number of hydrogen-bond acceptors (Lipinski definition) is 2. The standard InChI is InChI=1S/C21H27NOS/c23-20(22-18-6-7-18)19(17-4-2-1-3-5-17)24-21-11-14-8-15(12-21)10-16(9-14)13-21/h1-5,14-16,18-19H,6-13H2,(H,22,23)/t14?,15?,16?,19-,21?/m1/s1. The van der Waals surface area contributed by atoms with Gasteiger partial charge < -0.3 is 5.32 Å². The summed E-state index contributed by atoms with van der Waals surface area (Å²) in [5, 5.41) is 3.25. The van der Waals surface area contributed by atoms with Crippen LogP contribution in [0.25, 0.3) is 0 Å². The van der Waals surface area contributed by atoms with Crippen molar-refractivity contribution in [3.63, 3.8) is 0 Å². The maximum absolute atomic E-state index is 13.0. The van der Waals surface area contributed by atoms with Crippen LogP contribution in [-0.2, 0) is 4.79 Å². The second-order valence-electron chi connectivity index (χ2n) is 8.79. The molecule has 1 atom stereocenters. The molecule has 2 nitrogen and oxygen atoms in total. The van der Waals surface area contributed by atoms with Crippen LogP contribution in [0.15, 0.2) is 30.3 Å². The Labute approximate surface area is 149 Å².